The molecular formula is C23H24N2O3. The molecule has 0 unspecified atom stereocenters. The van der Waals surface area contributed by atoms with E-state index in [0.29, 0.717) is 31.8 Å². The molecule has 28 heavy (non-hydrogen) atoms. The lowest BCUT2D eigenvalue weighted by Gasteiger charge is -2.10. The molecule has 5 nitrogen and oxygen atoms in total. The van der Waals surface area contributed by atoms with E-state index >= 15 is 0 Å². The predicted octanol–water partition coefficient (Wildman–Crippen LogP) is 4.77. The highest BCUT2D eigenvalue weighted by atomic mass is 16.5. The predicted molar refractivity (Wildman–Crippen MR) is 110 cm³/mol. The third-order valence-electron chi connectivity index (χ3n) is 4.06. The molecule has 0 aliphatic heterocycles. The van der Waals surface area contributed by atoms with E-state index in [2.05, 4.69) is 29.4 Å². The summed E-state index contributed by atoms with van der Waals surface area (Å²) in [6.45, 7) is 3.02. The van der Waals surface area contributed by atoms with Gasteiger partial charge in [-0.05, 0) is 43.2 Å². The van der Waals surface area contributed by atoms with Crippen molar-refractivity contribution in [3.8, 4) is 11.5 Å². The number of carbonyl (C=O) groups is 1. The molecule has 0 aliphatic carbocycles. The summed E-state index contributed by atoms with van der Waals surface area (Å²) < 4.78 is 11.4. The van der Waals surface area contributed by atoms with Crippen LogP contribution in [-0.4, -0.2) is 17.5 Å². The van der Waals surface area contributed by atoms with Gasteiger partial charge in [0, 0.05) is 24.4 Å². The van der Waals surface area contributed by atoms with Gasteiger partial charge < -0.3 is 14.8 Å². The van der Waals surface area contributed by atoms with Crippen molar-refractivity contribution in [3.63, 3.8) is 0 Å². The van der Waals surface area contributed by atoms with Gasteiger partial charge in [0.15, 0.2) is 0 Å². The van der Waals surface area contributed by atoms with E-state index in [1.807, 2.05) is 48.5 Å². The topological polar surface area (TPSA) is 60.5 Å². The monoisotopic (exact) mass is 376 g/mol. The van der Waals surface area contributed by atoms with E-state index in [4.69, 9.17) is 9.47 Å². The fraction of sp³-hybridized carbons (Fsp3) is 0.217. The number of benzene rings is 2. The van der Waals surface area contributed by atoms with Crippen molar-refractivity contribution in [2.45, 2.75) is 26.4 Å². The molecule has 2 aromatic carbocycles. The Hall–Kier alpha value is -3.34. The summed E-state index contributed by atoms with van der Waals surface area (Å²) in [4.78, 5) is 16.1. The van der Waals surface area contributed by atoms with Crippen molar-refractivity contribution in [1.29, 1.82) is 0 Å². The maximum Gasteiger partial charge on any atom is 0.224 e. The summed E-state index contributed by atoms with van der Waals surface area (Å²) in [7, 11) is 0. The third kappa shape index (κ3) is 6.43. The first-order chi connectivity index (χ1) is 13.7. The zero-order chi connectivity index (χ0) is 19.6. The molecule has 0 saturated heterocycles. The zero-order valence-electron chi connectivity index (χ0n) is 15.9. The number of aryl methyl sites for hydroxylation is 1. The molecule has 0 fully saturated rings. The fourth-order valence-electron chi connectivity index (χ4n) is 2.71. The van der Waals surface area contributed by atoms with Gasteiger partial charge in [0.1, 0.15) is 18.1 Å². The highest BCUT2D eigenvalue weighted by Crippen LogP contribution is 2.19. The van der Waals surface area contributed by atoms with Crippen molar-refractivity contribution in [2.75, 3.05) is 11.9 Å². The second-order valence-corrected chi connectivity index (χ2v) is 6.49. The minimum atomic E-state index is -0.0504. The molecule has 1 heterocycles. The van der Waals surface area contributed by atoms with Crippen LogP contribution in [0.25, 0.3) is 0 Å². The molecule has 0 bridgehead atoms. The highest BCUT2D eigenvalue weighted by molar-refractivity contribution is 5.90. The minimum absolute atomic E-state index is 0.0504. The molecule has 1 aromatic heterocycles. The molecule has 0 saturated carbocycles. The van der Waals surface area contributed by atoms with E-state index in [9.17, 15) is 4.79 Å². The van der Waals surface area contributed by atoms with Gasteiger partial charge in [-0.3, -0.25) is 9.78 Å². The zero-order valence-corrected chi connectivity index (χ0v) is 15.9. The number of aromatic nitrogens is 1. The summed E-state index contributed by atoms with van der Waals surface area (Å²) in [6.07, 6.45) is 4.36. The quantitative estimate of drug-likeness (QED) is 0.547. The number of anilines is 1. The number of hydrogen-bond donors (Lipinski definition) is 1. The third-order valence-corrected chi connectivity index (χ3v) is 4.06. The molecule has 0 atom stereocenters. The number of amides is 1. The van der Waals surface area contributed by atoms with Crippen LogP contribution < -0.4 is 14.8 Å². The van der Waals surface area contributed by atoms with Crippen molar-refractivity contribution >= 4 is 11.6 Å². The van der Waals surface area contributed by atoms with E-state index in [-0.39, 0.29) is 5.91 Å². The lowest BCUT2D eigenvalue weighted by Crippen LogP contribution is -2.12. The Morgan fingerprint density at radius 2 is 1.86 bits per heavy atom. The van der Waals surface area contributed by atoms with Gasteiger partial charge in [-0.15, -0.1) is 0 Å². The molecule has 3 rings (SSSR count). The Balaban J connectivity index is 1.42. The van der Waals surface area contributed by atoms with Crippen LogP contribution in [0.4, 0.5) is 5.69 Å². The van der Waals surface area contributed by atoms with E-state index in [1.54, 1.807) is 12.4 Å². The fourth-order valence-corrected chi connectivity index (χ4v) is 2.71. The summed E-state index contributed by atoms with van der Waals surface area (Å²) >= 11 is 0. The minimum Gasteiger partial charge on any atom is -0.492 e. The van der Waals surface area contributed by atoms with E-state index in [1.165, 1.54) is 5.56 Å². The summed E-state index contributed by atoms with van der Waals surface area (Å²) in [6, 6.07) is 19.3. The summed E-state index contributed by atoms with van der Waals surface area (Å²) in [5.74, 6) is 1.38. The van der Waals surface area contributed by atoms with Gasteiger partial charge in [0.25, 0.3) is 0 Å². The molecule has 0 aliphatic rings. The van der Waals surface area contributed by atoms with Gasteiger partial charge in [0.05, 0.1) is 12.8 Å². The standard InChI is InChI=1S/C23H24N2O3/c1-18-6-2-7-19(14-18)17-28-21-9-3-8-20(15-21)25-23(26)11-5-13-27-22-10-4-12-24-16-22/h2-4,6-10,12,14-16H,5,11,13,17H2,1H3,(H,25,26). The van der Waals surface area contributed by atoms with Crippen LogP contribution in [0.5, 0.6) is 11.5 Å². The van der Waals surface area contributed by atoms with Crippen molar-refractivity contribution in [1.82, 2.24) is 4.98 Å². The van der Waals surface area contributed by atoms with Crippen molar-refractivity contribution < 1.29 is 14.3 Å². The first-order valence-electron chi connectivity index (χ1n) is 9.30. The van der Waals surface area contributed by atoms with Crippen LogP contribution >= 0.6 is 0 Å². The lowest BCUT2D eigenvalue weighted by atomic mass is 10.1. The number of hydrogen-bond acceptors (Lipinski definition) is 4. The van der Waals surface area contributed by atoms with Crippen LogP contribution in [0.15, 0.2) is 73.1 Å². The van der Waals surface area contributed by atoms with Crippen LogP contribution in [0, 0.1) is 6.92 Å². The van der Waals surface area contributed by atoms with Crippen molar-refractivity contribution in [3.05, 3.63) is 84.2 Å². The van der Waals surface area contributed by atoms with Gasteiger partial charge in [-0.1, -0.05) is 35.9 Å². The Labute approximate surface area is 165 Å². The first kappa shape index (κ1) is 19.4. The SMILES string of the molecule is Cc1cccc(COc2cccc(NC(=O)CCCOc3cccnc3)c2)c1. The number of rotatable bonds is 9. The highest BCUT2D eigenvalue weighted by Gasteiger charge is 2.04. The number of carbonyl (C=O) groups excluding carboxylic acids is 1. The largest absolute Gasteiger partial charge is 0.492 e. The average Bonchev–Trinajstić information content (AvgIpc) is 2.71. The Morgan fingerprint density at radius 3 is 2.68 bits per heavy atom. The van der Waals surface area contributed by atoms with Gasteiger partial charge in [-0.25, -0.2) is 0 Å². The van der Waals surface area contributed by atoms with Gasteiger partial charge >= 0.3 is 0 Å². The number of ether oxygens (including phenoxy) is 2. The molecule has 1 N–H and O–H groups in total. The normalized spacial score (nSPS) is 10.3. The maximum absolute atomic E-state index is 12.1. The van der Waals surface area contributed by atoms with Crippen LogP contribution in [0.2, 0.25) is 0 Å². The Kier molecular flexibility index (Phi) is 7.01. The summed E-state index contributed by atoms with van der Waals surface area (Å²) in [5.41, 5.74) is 3.04. The smallest absolute Gasteiger partial charge is 0.224 e. The molecule has 0 radical (unpaired) electrons. The first-order valence-corrected chi connectivity index (χ1v) is 9.30. The van der Waals surface area contributed by atoms with E-state index < -0.39 is 0 Å². The summed E-state index contributed by atoms with van der Waals surface area (Å²) in [5, 5.41) is 2.90. The number of nitrogens with zero attached hydrogens (tertiary/aromatic N) is 1. The molecule has 1 amide bonds. The Bertz CT molecular complexity index is 897. The maximum atomic E-state index is 12.1. The lowest BCUT2D eigenvalue weighted by molar-refractivity contribution is -0.116. The van der Waals surface area contributed by atoms with Gasteiger partial charge in [0.2, 0.25) is 5.91 Å². The second-order valence-electron chi connectivity index (χ2n) is 6.49. The Morgan fingerprint density at radius 1 is 1.00 bits per heavy atom. The molecule has 144 valence electrons. The average molecular weight is 376 g/mol. The van der Waals surface area contributed by atoms with Crippen LogP contribution in [0.3, 0.4) is 0 Å². The number of pyridine rings is 1. The molecular weight excluding hydrogens is 352 g/mol. The van der Waals surface area contributed by atoms with Gasteiger partial charge in [-0.2, -0.15) is 0 Å². The van der Waals surface area contributed by atoms with Crippen LogP contribution in [0.1, 0.15) is 24.0 Å². The van der Waals surface area contributed by atoms with Crippen LogP contribution in [-0.2, 0) is 11.4 Å². The molecule has 5 heteroatoms. The van der Waals surface area contributed by atoms with E-state index in [0.717, 1.165) is 17.0 Å². The second kappa shape index (κ2) is 10.1. The molecule has 3 aromatic rings. The molecule has 0 spiro atoms. The van der Waals surface area contributed by atoms with Crippen molar-refractivity contribution in [2.24, 2.45) is 0 Å². The number of nitrogens with one attached hydrogen (secondary N) is 1.